The van der Waals surface area contributed by atoms with E-state index >= 15 is 0 Å². The first-order chi connectivity index (χ1) is 18.5. The largest absolute Gasteiger partial charge is 0.494 e. The highest BCUT2D eigenvalue weighted by Gasteiger charge is 2.22. The molecule has 9 nitrogen and oxygen atoms in total. The van der Waals surface area contributed by atoms with Crippen molar-refractivity contribution in [3.63, 3.8) is 0 Å². The van der Waals surface area contributed by atoms with Crippen LogP contribution in [0.2, 0.25) is 0 Å². The highest BCUT2D eigenvalue weighted by molar-refractivity contribution is 9.10. The Hall–Kier alpha value is -3.35. The first kappa shape index (κ1) is 28.7. The summed E-state index contributed by atoms with van der Waals surface area (Å²) >= 11 is 3.30. The summed E-state index contributed by atoms with van der Waals surface area (Å²) in [6.45, 7) is 6.82. The van der Waals surface area contributed by atoms with Crippen molar-refractivity contribution in [2.24, 2.45) is 0 Å². The van der Waals surface area contributed by atoms with Crippen LogP contribution in [-0.2, 0) is 15.6 Å². The smallest absolute Gasteiger partial charge is 0.240 e. The van der Waals surface area contributed by atoms with Crippen LogP contribution in [0.3, 0.4) is 0 Å². The first-order valence-corrected chi connectivity index (χ1v) is 14.5. The first-order valence-electron chi connectivity index (χ1n) is 12.2. The molecule has 2 aromatic heterocycles. The van der Waals surface area contributed by atoms with Gasteiger partial charge in [-0.15, -0.1) is 0 Å². The second-order valence-corrected chi connectivity index (χ2v) is 12.4. The predicted octanol–water partition coefficient (Wildman–Crippen LogP) is 5.45. The SMILES string of the molecule is COc1cc(-c2nn(C(C)(C)C)cc2-c2ccnc(NCCCNS(=O)(=O)c3ccc(Br)cc3)n2)ccc1F. The fraction of sp³-hybridized carbons (Fsp3) is 0.296. The van der Waals surface area contributed by atoms with Crippen LogP contribution in [0, 0.1) is 5.82 Å². The van der Waals surface area contributed by atoms with Gasteiger partial charge in [0.05, 0.1) is 23.2 Å². The maximum atomic E-state index is 14.1. The van der Waals surface area contributed by atoms with Crippen molar-refractivity contribution in [2.45, 2.75) is 37.6 Å². The zero-order valence-corrected chi connectivity index (χ0v) is 24.5. The third-order valence-corrected chi connectivity index (χ3v) is 7.82. The number of hydrogen-bond donors (Lipinski definition) is 2. The van der Waals surface area contributed by atoms with E-state index in [1.54, 1.807) is 48.7 Å². The molecule has 2 aromatic carbocycles. The summed E-state index contributed by atoms with van der Waals surface area (Å²) in [4.78, 5) is 9.17. The lowest BCUT2D eigenvalue weighted by Gasteiger charge is -2.18. The maximum Gasteiger partial charge on any atom is 0.240 e. The summed E-state index contributed by atoms with van der Waals surface area (Å²) in [5.74, 6) is 0.0738. The maximum absolute atomic E-state index is 14.1. The third kappa shape index (κ3) is 7.00. The Kier molecular flexibility index (Phi) is 8.67. The Labute approximate surface area is 236 Å². The van der Waals surface area contributed by atoms with E-state index in [4.69, 9.17) is 9.84 Å². The molecule has 0 saturated heterocycles. The fourth-order valence-electron chi connectivity index (χ4n) is 3.71. The van der Waals surface area contributed by atoms with Crippen LogP contribution >= 0.6 is 15.9 Å². The van der Waals surface area contributed by atoms with Crippen LogP contribution in [0.15, 0.2) is 70.3 Å². The lowest BCUT2D eigenvalue weighted by molar-refractivity contribution is 0.356. The quantitative estimate of drug-likeness (QED) is 0.228. The van der Waals surface area contributed by atoms with E-state index in [1.807, 2.05) is 31.6 Å². The number of aromatic nitrogens is 4. The molecule has 0 aliphatic heterocycles. The third-order valence-electron chi connectivity index (χ3n) is 5.81. The molecule has 0 spiro atoms. The van der Waals surface area contributed by atoms with Crippen molar-refractivity contribution in [2.75, 3.05) is 25.5 Å². The Morgan fingerprint density at radius 1 is 1.08 bits per heavy atom. The molecule has 0 fully saturated rings. The molecule has 0 aliphatic rings. The molecule has 0 aliphatic carbocycles. The molecule has 0 unspecified atom stereocenters. The standard InChI is InChI=1S/C27H30BrFN6O3S/c1-27(2,3)35-17-21(25(34-35)18-6-11-22(29)24(16-18)38-4)23-12-15-31-26(33-23)30-13-5-14-32-39(36,37)20-9-7-19(28)8-10-20/h6-12,15-17,32H,5,13-14H2,1-4H3,(H,30,31,33). The van der Waals surface area contributed by atoms with Gasteiger partial charge >= 0.3 is 0 Å². The summed E-state index contributed by atoms with van der Waals surface area (Å²) in [6, 6.07) is 12.9. The normalized spacial score (nSPS) is 11.9. The zero-order valence-electron chi connectivity index (χ0n) is 22.1. The monoisotopic (exact) mass is 616 g/mol. The summed E-state index contributed by atoms with van der Waals surface area (Å²) in [6.07, 6.45) is 4.07. The summed E-state index contributed by atoms with van der Waals surface area (Å²) in [5, 5.41) is 7.94. The van der Waals surface area contributed by atoms with E-state index in [-0.39, 0.29) is 22.7 Å². The van der Waals surface area contributed by atoms with Gasteiger partial charge in [-0.2, -0.15) is 5.10 Å². The van der Waals surface area contributed by atoms with Crippen LogP contribution in [-0.4, -0.2) is 48.4 Å². The number of halogens is 2. The van der Waals surface area contributed by atoms with Gasteiger partial charge in [-0.1, -0.05) is 15.9 Å². The number of rotatable bonds is 10. The summed E-state index contributed by atoms with van der Waals surface area (Å²) in [7, 11) is -2.16. The van der Waals surface area contributed by atoms with Gasteiger partial charge in [0.1, 0.15) is 5.69 Å². The molecule has 0 amide bonds. The predicted molar refractivity (Wildman–Crippen MR) is 153 cm³/mol. The van der Waals surface area contributed by atoms with Crippen LogP contribution in [0.4, 0.5) is 10.3 Å². The van der Waals surface area contributed by atoms with Gasteiger partial charge in [-0.05, 0) is 75.7 Å². The molecule has 2 N–H and O–H groups in total. The molecule has 0 atom stereocenters. The Morgan fingerprint density at radius 3 is 2.51 bits per heavy atom. The number of methoxy groups -OCH3 is 1. The van der Waals surface area contributed by atoms with Crippen molar-refractivity contribution in [3.05, 3.63) is 71.2 Å². The second kappa shape index (κ2) is 11.8. The topological polar surface area (TPSA) is 111 Å². The van der Waals surface area contributed by atoms with Crippen molar-refractivity contribution < 1.29 is 17.5 Å². The molecule has 39 heavy (non-hydrogen) atoms. The molecule has 4 rings (SSSR count). The van der Waals surface area contributed by atoms with E-state index in [0.29, 0.717) is 35.9 Å². The fourth-order valence-corrected chi connectivity index (χ4v) is 5.05. The van der Waals surface area contributed by atoms with Crippen LogP contribution in [0.1, 0.15) is 27.2 Å². The van der Waals surface area contributed by atoms with Gasteiger partial charge in [0, 0.05) is 41.1 Å². The number of benzene rings is 2. The molecule has 0 saturated carbocycles. The van der Waals surface area contributed by atoms with E-state index < -0.39 is 15.8 Å². The Morgan fingerprint density at radius 2 is 1.82 bits per heavy atom. The average molecular weight is 618 g/mol. The number of nitrogens with one attached hydrogen (secondary N) is 2. The number of sulfonamides is 1. The lowest BCUT2D eigenvalue weighted by Crippen LogP contribution is -2.26. The zero-order chi connectivity index (χ0) is 28.2. The minimum atomic E-state index is -3.59. The van der Waals surface area contributed by atoms with E-state index in [2.05, 4.69) is 35.9 Å². The van der Waals surface area contributed by atoms with Gasteiger partial charge in [-0.3, -0.25) is 4.68 Å². The summed E-state index contributed by atoms with van der Waals surface area (Å²) in [5.41, 5.74) is 2.42. The molecule has 206 valence electrons. The average Bonchev–Trinajstić information content (AvgIpc) is 3.36. The summed E-state index contributed by atoms with van der Waals surface area (Å²) < 4.78 is 49.4. The molecular formula is C27H30BrFN6O3S. The van der Waals surface area contributed by atoms with Gasteiger partial charge in [-0.25, -0.2) is 27.5 Å². The van der Waals surface area contributed by atoms with Crippen LogP contribution in [0.25, 0.3) is 22.5 Å². The number of hydrogen-bond acceptors (Lipinski definition) is 7. The Balaban J connectivity index is 1.48. The number of nitrogens with zero attached hydrogens (tertiary/aromatic N) is 4. The number of ether oxygens (including phenoxy) is 1. The van der Waals surface area contributed by atoms with Crippen LogP contribution < -0.4 is 14.8 Å². The highest BCUT2D eigenvalue weighted by Crippen LogP contribution is 2.34. The van der Waals surface area contributed by atoms with Crippen molar-refractivity contribution >= 4 is 31.9 Å². The van der Waals surface area contributed by atoms with Crippen molar-refractivity contribution in [3.8, 4) is 28.3 Å². The van der Waals surface area contributed by atoms with Crippen LogP contribution in [0.5, 0.6) is 5.75 Å². The molecule has 12 heteroatoms. The molecule has 4 aromatic rings. The van der Waals surface area contributed by atoms with E-state index in [1.165, 1.54) is 13.2 Å². The highest BCUT2D eigenvalue weighted by atomic mass is 79.9. The molecule has 2 heterocycles. The van der Waals surface area contributed by atoms with E-state index in [9.17, 15) is 12.8 Å². The van der Waals surface area contributed by atoms with Gasteiger partial charge in [0.2, 0.25) is 16.0 Å². The number of anilines is 1. The van der Waals surface area contributed by atoms with Gasteiger partial charge in [0.25, 0.3) is 0 Å². The molecule has 0 radical (unpaired) electrons. The Bertz CT molecular complexity index is 1550. The van der Waals surface area contributed by atoms with Crippen molar-refractivity contribution in [1.29, 1.82) is 0 Å². The molecule has 0 bridgehead atoms. The minimum absolute atomic E-state index is 0.129. The lowest BCUT2D eigenvalue weighted by atomic mass is 10.1. The second-order valence-electron chi connectivity index (χ2n) is 9.75. The van der Waals surface area contributed by atoms with Gasteiger partial charge in [0.15, 0.2) is 11.6 Å². The van der Waals surface area contributed by atoms with E-state index in [0.717, 1.165) is 10.0 Å². The van der Waals surface area contributed by atoms with Gasteiger partial charge < -0.3 is 10.1 Å². The minimum Gasteiger partial charge on any atom is -0.494 e. The van der Waals surface area contributed by atoms with Crippen molar-refractivity contribution in [1.82, 2.24) is 24.5 Å². The molecular weight excluding hydrogens is 587 g/mol.